The lowest BCUT2D eigenvalue weighted by molar-refractivity contribution is 0.251. The molecule has 32 heavy (non-hydrogen) atoms. The number of hydrogen-bond donors (Lipinski definition) is 4. The van der Waals surface area contributed by atoms with Crippen LogP contribution in [0.1, 0.15) is 109 Å². The van der Waals surface area contributed by atoms with E-state index in [-0.39, 0.29) is 5.82 Å². The Morgan fingerprint density at radius 2 is 1.38 bits per heavy atom. The van der Waals surface area contributed by atoms with Crippen LogP contribution in [0.2, 0.25) is 0 Å². The third-order valence-electron chi connectivity index (χ3n) is 5.57. The molecule has 1 aromatic heterocycles. The van der Waals surface area contributed by atoms with Gasteiger partial charge in [0.15, 0.2) is 0 Å². The molecule has 1 rings (SSSR count). The molecule has 1 aromatic rings. The fourth-order valence-corrected chi connectivity index (χ4v) is 4.45. The molecule has 4 N–H and O–H groups in total. The van der Waals surface area contributed by atoms with Crippen molar-refractivity contribution in [3.05, 3.63) is 23.9 Å². The quantitative estimate of drug-likeness (QED) is 0.132. The van der Waals surface area contributed by atoms with Gasteiger partial charge >= 0.3 is 13.6 Å². The van der Waals surface area contributed by atoms with E-state index in [1.165, 1.54) is 89.7 Å². The van der Waals surface area contributed by atoms with Gasteiger partial charge in [-0.2, -0.15) is 0 Å². The van der Waals surface area contributed by atoms with Crippen LogP contribution in [-0.4, -0.2) is 27.3 Å². The number of hydrogen-bond acceptors (Lipinski definition) is 3. The van der Waals surface area contributed by atoms with Crippen molar-refractivity contribution in [2.24, 2.45) is 0 Å². The van der Waals surface area contributed by atoms with E-state index >= 15 is 0 Å². The van der Waals surface area contributed by atoms with Gasteiger partial charge in [-0.1, -0.05) is 103 Å². The standard InChI is InChI=1S/C24H44N3O4P/c1-2-3-4-5-6-7-8-9-10-11-12-13-14-15-16-19-26-24(28)27-23-22(18-17-20-25-23)21-32(29,30)31/h17-18,20H,2-16,19,21H2,1H3,(H2,29,30,31)(H2,25,26,27,28). The third-order valence-corrected chi connectivity index (χ3v) is 6.32. The molecule has 0 fully saturated rings. The Morgan fingerprint density at radius 1 is 0.875 bits per heavy atom. The number of amides is 2. The van der Waals surface area contributed by atoms with Gasteiger partial charge < -0.3 is 15.1 Å². The average Bonchev–Trinajstić information content (AvgIpc) is 2.74. The maximum atomic E-state index is 12.0. The molecule has 0 aliphatic carbocycles. The minimum atomic E-state index is -4.22. The summed E-state index contributed by atoms with van der Waals surface area (Å²) in [5, 5.41) is 5.36. The van der Waals surface area contributed by atoms with Gasteiger partial charge in [-0.05, 0) is 12.5 Å². The molecule has 0 aliphatic rings. The van der Waals surface area contributed by atoms with Crippen LogP contribution >= 0.6 is 7.60 Å². The predicted molar refractivity (Wildman–Crippen MR) is 132 cm³/mol. The third kappa shape index (κ3) is 16.2. The first-order valence-electron chi connectivity index (χ1n) is 12.5. The molecular weight excluding hydrogens is 425 g/mol. The summed E-state index contributed by atoms with van der Waals surface area (Å²) in [6.07, 6.45) is 20.5. The summed E-state index contributed by atoms with van der Waals surface area (Å²) >= 11 is 0. The maximum absolute atomic E-state index is 12.0. The lowest BCUT2D eigenvalue weighted by Crippen LogP contribution is -2.30. The second kappa shape index (κ2) is 18.0. The number of aromatic nitrogens is 1. The normalized spacial score (nSPS) is 11.5. The summed E-state index contributed by atoms with van der Waals surface area (Å²) in [6, 6.07) is 2.74. The van der Waals surface area contributed by atoms with Crippen LogP contribution in [0.4, 0.5) is 10.6 Å². The van der Waals surface area contributed by atoms with Gasteiger partial charge in [-0.25, -0.2) is 9.78 Å². The van der Waals surface area contributed by atoms with Gasteiger partial charge in [0, 0.05) is 18.3 Å². The van der Waals surface area contributed by atoms with Crippen molar-refractivity contribution >= 4 is 19.4 Å². The van der Waals surface area contributed by atoms with Crippen LogP contribution in [0.5, 0.6) is 0 Å². The van der Waals surface area contributed by atoms with E-state index in [0.29, 0.717) is 12.1 Å². The lowest BCUT2D eigenvalue weighted by Gasteiger charge is -2.11. The average molecular weight is 470 g/mol. The Kier molecular flexibility index (Phi) is 16.1. The molecule has 0 unspecified atom stereocenters. The van der Waals surface area contributed by atoms with E-state index < -0.39 is 19.8 Å². The zero-order valence-electron chi connectivity index (χ0n) is 19.9. The summed E-state index contributed by atoms with van der Waals surface area (Å²) in [4.78, 5) is 34.3. The zero-order valence-corrected chi connectivity index (χ0v) is 20.8. The second-order valence-electron chi connectivity index (χ2n) is 8.66. The van der Waals surface area contributed by atoms with Crippen LogP contribution < -0.4 is 10.6 Å². The maximum Gasteiger partial charge on any atom is 0.330 e. The largest absolute Gasteiger partial charge is 0.338 e. The van der Waals surface area contributed by atoms with Crippen LogP contribution in [0.15, 0.2) is 18.3 Å². The minimum Gasteiger partial charge on any atom is -0.338 e. The van der Waals surface area contributed by atoms with E-state index in [1.54, 1.807) is 12.1 Å². The van der Waals surface area contributed by atoms with E-state index in [2.05, 4.69) is 22.5 Å². The summed E-state index contributed by atoms with van der Waals surface area (Å²) in [6.45, 7) is 2.84. The molecule has 0 aliphatic heterocycles. The van der Waals surface area contributed by atoms with Crippen molar-refractivity contribution in [3.63, 3.8) is 0 Å². The molecular formula is C24H44N3O4P. The Hall–Kier alpha value is -1.43. The van der Waals surface area contributed by atoms with E-state index in [4.69, 9.17) is 9.79 Å². The molecule has 7 nitrogen and oxygen atoms in total. The van der Waals surface area contributed by atoms with E-state index in [1.807, 2.05) is 0 Å². The number of carbonyl (C=O) groups is 1. The lowest BCUT2D eigenvalue weighted by atomic mass is 10.0. The molecule has 8 heteroatoms. The SMILES string of the molecule is CCCCCCCCCCCCCCCCCNC(=O)Nc1ncccc1CP(=O)(O)O. The second-order valence-corrected chi connectivity index (χ2v) is 10.3. The molecule has 0 spiro atoms. The molecule has 0 bridgehead atoms. The van der Waals surface area contributed by atoms with Crippen LogP contribution in [0.3, 0.4) is 0 Å². The summed E-state index contributed by atoms with van der Waals surface area (Å²) in [7, 11) is -4.22. The molecule has 184 valence electrons. The summed E-state index contributed by atoms with van der Waals surface area (Å²) in [5.74, 6) is 0.185. The highest BCUT2D eigenvalue weighted by molar-refractivity contribution is 7.50. The van der Waals surface area contributed by atoms with Crippen molar-refractivity contribution in [2.75, 3.05) is 11.9 Å². The van der Waals surface area contributed by atoms with Crippen molar-refractivity contribution < 1.29 is 19.1 Å². The van der Waals surface area contributed by atoms with Crippen LogP contribution in [0.25, 0.3) is 0 Å². The molecule has 0 saturated heterocycles. The molecule has 2 amide bonds. The number of anilines is 1. The number of pyridine rings is 1. The fourth-order valence-electron chi connectivity index (χ4n) is 3.75. The first-order chi connectivity index (χ1) is 15.4. The Morgan fingerprint density at radius 3 is 1.88 bits per heavy atom. The highest BCUT2D eigenvalue weighted by Gasteiger charge is 2.18. The van der Waals surface area contributed by atoms with Crippen molar-refractivity contribution in [3.8, 4) is 0 Å². The van der Waals surface area contributed by atoms with Crippen LogP contribution in [-0.2, 0) is 10.7 Å². The predicted octanol–water partition coefficient (Wildman–Crippen LogP) is 6.75. The number of carbonyl (C=O) groups excluding carboxylic acids is 1. The Bertz CT molecular complexity index is 666. The number of unbranched alkanes of at least 4 members (excludes halogenated alkanes) is 14. The Labute approximate surface area is 194 Å². The zero-order chi connectivity index (χ0) is 23.5. The number of nitrogens with zero attached hydrogens (tertiary/aromatic N) is 1. The smallest absolute Gasteiger partial charge is 0.330 e. The molecule has 1 heterocycles. The molecule has 0 aromatic carbocycles. The number of urea groups is 1. The van der Waals surface area contributed by atoms with E-state index in [9.17, 15) is 9.36 Å². The highest BCUT2D eigenvalue weighted by atomic mass is 31.2. The van der Waals surface area contributed by atoms with E-state index in [0.717, 1.165) is 12.8 Å². The first-order valence-corrected chi connectivity index (χ1v) is 14.3. The highest BCUT2D eigenvalue weighted by Crippen LogP contribution is 2.40. The monoisotopic (exact) mass is 469 g/mol. The van der Waals surface area contributed by atoms with Gasteiger partial charge in [0.05, 0.1) is 6.16 Å². The number of rotatable bonds is 19. The van der Waals surface area contributed by atoms with Gasteiger partial charge in [-0.15, -0.1) is 0 Å². The molecule has 0 atom stereocenters. The topological polar surface area (TPSA) is 112 Å². The molecule has 0 radical (unpaired) electrons. The van der Waals surface area contributed by atoms with Crippen molar-refractivity contribution in [2.45, 2.75) is 109 Å². The van der Waals surface area contributed by atoms with Crippen molar-refractivity contribution in [1.29, 1.82) is 0 Å². The Balaban J connectivity index is 1.97. The van der Waals surface area contributed by atoms with Gasteiger partial charge in [0.1, 0.15) is 5.82 Å². The van der Waals surface area contributed by atoms with Gasteiger partial charge in [0.2, 0.25) is 0 Å². The minimum absolute atomic E-state index is 0.185. The fraction of sp³-hybridized carbons (Fsp3) is 0.750. The van der Waals surface area contributed by atoms with Crippen molar-refractivity contribution in [1.82, 2.24) is 10.3 Å². The summed E-state index contributed by atoms with van der Waals surface area (Å²) in [5.41, 5.74) is 0.322. The van der Waals surface area contributed by atoms with Gasteiger partial charge in [0.25, 0.3) is 0 Å². The van der Waals surface area contributed by atoms with Gasteiger partial charge in [-0.3, -0.25) is 9.88 Å². The summed E-state index contributed by atoms with van der Waals surface area (Å²) < 4.78 is 11.2. The number of nitrogens with one attached hydrogen (secondary N) is 2. The molecule has 0 saturated carbocycles. The first kappa shape index (κ1) is 28.6. The van der Waals surface area contributed by atoms with Crippen LogP contribution in [0, 0.1) is 0 Å².